The van der Waals surface area contributed by atoms with E-state index in [1.807, 2.05) is 19.1 Å². The van der Waals surface area contributed by atoms with Gasteiger partial charge in [0.05, 0.1) is 7.11 Å². The van der Waals surface area contributed by atoms with Crippen LogP contribution in [0.1, 0.15) is 29.9 Å². The van der Waals surface area contributed by atoms with Crippen molar-refractivity contribution in [2.45, 2.75) is 25.7 Å². The molecule has 2 heteroatoms. The predicted octanol–water partition coefficient (Wildman–Crippen LogP) is 3.95. The van der Waals surface area contributed by atoms with Gasteiger partial charge in [-0.05, 0) is 43.4 Å². The first kappa shape index (κ1) is 12.7. The van der Waals surface area contributed by atoms with Crippen LogP contribution >= 0.6 is 0 Å². The van der Waals surface area contributed by atoms with Crippen LogP contribution in [0.15, 0.2) is 36.9 Å². The van der Waals surface area contributed by atoms with Gasteiger partial charge in [-0.25, -0.2) is 0 Å². The molecule has 0 fully saturated rings. The zero-order valence-electron chi connectivity index (χ0n) is 11.0. The van der Waals surface area contributed by atoms with Crippen molar-refractivity contribution in [3.05, 3.63) is 48.1 Å². The summed E-state index contributed by atoms with van der Waals surface area (Å²) in [6.07, 6.45) is 8.45. The van der Waals surface area contributed by atoms with Crippen LogP contribution in [0.25, 0.3) is 0 Å². The first-order valence-electron chi connectivity index (χ1n) is 6.34. The largest absolute Gasteiger partial charge is 0.507 e. The Morgan fingerprint density at radius 1 is 1.44 bits per heavy atom. The van der Waals surface area contributed by atoms with E-state index in [2.05, 4.69) is 18.7 Å². The molecule has 18 heavy (non-hydrogen) atoms. The maximum absolute atomic E-state index is 10.2. The minimum atomic E-state index is 0.159. The summed E-state index contributed by atoms with van der Waals surface area (Å²) in [7, 11) is 1.65. The standard InChI is InChI=1S/C16H20O2/c1-4-12-7-5-6-8-13(12)16-14(17)9-11(2)10-15(16)18-3/h4,6,8-10,12-13,17H,1,5,7H2,2-3H3/t12-,13-/m1/s1. The van der Waals surface area contributed by atoms with Crippen molar-refractivity contribution in [3.63, 3.8) is 0 Å². The molecular formula is C16H20O2. The molecule has 1 aliphatic carbocycles. The maximum atomic E-state index is 10.2. The molecule has 0 spiro atoms. The Morgan fingerprint density at radius 3 is 2.89 bits per heavy atom. The summed E-state index contributed by atoms with van der Waals surface area (Å²) in [4.78, 5) is 0. The fourth-order valence-corrected chi connectivity index (χ4v) is 2.68. The van der Waals surface area contributed by atoms with E-state index in [0.717, 1.165) is 29.7 Å². The number of phenols is 1. The highest BCUT2D eigenvalue weighted by Gasteiger charge is 2.26. The molecule has 1 aliphatic rings. The summed E-state index contributed by atoms with van der Waals surface area (Å²) in [5.74, 6) is 1.59. The molecule has 0 aliphatic heterocycles. The van der Waals surface area contributed by atoms with Crippen LogP contribution in [0.2, 0.25) is 0 Å². The maximum Gasteiger partial charge on any atom is 0.126 e. The monoisotopic (exact) mass is 244 g/mol. The third-order valence-electron chi connectivity index (χ3n) is 3.59. The first-order valence-corrected chi connectivity index (χ1v) is 6.34. The van der Waals surface area contributed by atoms with E-state index in [1.165, 1.54) is 0 Å². The molecule has 0 saturated heterocycles. The summed E-state index contributed by atoms with van der Waals surface area (Å²) in [5.41, 5.74) is 1.88. The average molecular weight is 244 g/mol. The number of hydrogen-bond donors (Lipinski definition) is 1. The molecule has 0 aromatic heterocycles. The molecular weight excluding hydrogens is 224 g/mol. The van der Waals surface area contributed by atoms with E-state index < -0.39 is 0 Å². The van der Waals surface area contributed by atoms with Gasteiger partial charge in [-0.15, -0.1) is 6.58 Å². The van der Waals surface area contributed by atoms with Crippen LogP contribution in [0.5, 0.6) is 11.5 Å². The summed E-state index contributed by atoms with van der Waals surface area (Å²) in [6.45, 7) is 5.86. The van der Waals surface area contributed by atoms with Crippen LogP contribution in [0.3, 0.4) is 0 Å². The number of aryl methyl sites for hydroxylation is 1. The molecule has 2 rings (SSSR count). The summed E-state index contributed by atoms with van der Waals surface area (Å²) >= 11 is 0. The van der Waals surface area contributed by atoms with Gasteiger partial charge in [-0.1, -0.05) is 18.2 Å². The van der Waals surface area contributed by atoms with Gasteiger partial charge < -0.3 is 9.84 Å². The van der Waals surface area contributed by atoms with Gasteiger partial charge in [0.15, 0.2) is 0 Å². The lowest BCUT2D eigenvalue weighted by Gasteiger charge is -2.27. The number of rotatable bonds is 3. The predicted molar refractivity (Wildman–Crippen MR) is 74.2 cm³/mol. The van der Waals surface area contributed by atoms with E-state index in [0.29, 0.717) is 11.7 Å². The van der Waals surface area contributed by atoms with Gasteiger partial charge >= 0.3 is 0 Å². The van der Waals surface area contributed by atoms with Crippen LogP contribution in [0.4, 0.5) is 0 Å². The quantitative estimate of drug-likeness (QED) is 0.816. The van der Waals surface area contributed by atoms with Crippen LogP contribution < -0.4 is 4.74 Å². The molecule has 2 nitrogen and oxygen atoms in total. The highest BCUT2D eigenvalue weighted by atomic mass is 16.5. The van der Waals surface area contributed by atoms with E-state index in [4.69, 9.17) is 4.74 Å². The topological polar surface area (TPSA) is 29.5 Å². The second-order valence-corrected chi connectivity index (χ2v) is 4.83. The van der Waals surface area contributed by atoms with Crippen molar-refractivity contribution in [1.82, 2.24) is 0 Å². The Hall–Kier alpha value is -1.70. The average Bonchev–Trinajstić information content (AvgIpc) is 2.38. The number of phenolic OH excluding ortho intramolecular Hbond substituents is 1. The molecule has 96 valence electrons. The molecule has 0 saturated carbocycles. The smallest absolute Gasteiger partial charge is 0.126 e. The Balaban J connectivity index is 2.51. The molecule has 0 amide bonds. The van der Waals surface area contributed by atoms with E-state index >= 15 is 0 Å². The normalized spacial score (nSPS) is 22.8. The Kier molecular flexibility index (Phi) is 3.75. The molecule has 0 bridgehead atoms. The second kappa shape index (κ2) is 5.30. The van der Waals surface area contributed by atoms with Crippen LogP contribution in [-0.4, -0.2) is 12.2 Å². The fourth-order valence-electron chi connectivity index (χ4n) is 2.68. The Labute approximate surface area is 109 Å². The number of benzene rings is 1. The van der Waals surface area contributed by atoms with Crippen molar-refractivity contribution in [3.8, 4) is 11.5 Å². The van der Waals surface area contributed by atoms with Gasteiger partial charge in [0, 0.05) is 11.5 Å². The van der Waals surface area contributed by atoms with Crippen molar-refractivity contribution in [1.29, 1.82) is 0 Å². The Bertz CT molecular complexity index is 474. The fraction of sp³-hybridized carbons (Fsp3) is 0.375. The molecule has 0 heterocycles. The minimum Gasteiger partial charge on any atom is -0.507 e. The van der Waals surface area contributed by atoms with Crippen LogP contribution in [-0.2, 0) is 0 Å². The Morgan fingerprint density at radius 2 is 2.22 bits per heavy atom. The number of methoxy groups -OCH3 is 1. The second-order valence-electron chi connectivity index (χ2n) is 4.83. The van der Waals surface area contributed by atoms with Crippen molar-refractivity contribution >= 4 is 0 Å². The van der Waals surface area contributed by atoms with E-state index in [1.54, 1.807) is 13.2 Å². The lowest BCUT2D eigenvalue weighted by molar-refractivity contribution is 0.386. The van der Waals surface area contributed by atoms with Gasteiger partial charge in [-0.3, -0.25) is 0 Å². The van der Waals surface area contributed by atoms with E-state index in [-0.39, 0.29) is 5.92 Å². The third kappa shape index (κ3) is 2.28. The van der Waals surface area contributed by atoms with E-state index in [9.17, 15) is 5.11 Å². The summed E-state index contributed by atoms with van der Waals surface area (Å²) in [6, 6.07) is 3.76. The van der Waals surface area contributed by atoms with Crippen LogP contribution in [0, 0.1) is 12.8 Å². The highest BCUT2D eigenvalue weighted by molar-refractivity contribution is 5.51. The van der Waals surface area contributed by atoms with Gasteiger partial charge in [0.25, 0.3) is 0 Å². The summed E-state index contributed by atoms with van der Waals surface area (Å²) < 4.78 is 5.42. The zero-order chi connectivity index (χ0) is 13.1. The van der Waals surface area contributed by atoms with Crippen molar-refractivity contribution < 1.29 is 9.84 Å². The summed E-state index contributed by atoms with van der Waals surface area (Å²) in [5, 5.41) is 10.2. The zero-order valence-corrected chi connectivity index (χ0v) is 11.0. The molecule has 1 aromatic rings. The number of hydrogen-bond acceptors (Lipinski definition) is 2. The SMILES string of the molecule is C=C[C@@H]1CCC=C[C@H]1c1c(O)cc(C)cc1OC. The number of ether oxygens (including phenoxy) is 1. The molecule has 0 radical (unpaired) electrons. The first-order chi connectivity index (χ1) is 8.67. The highest BCUT2D eigenvalue weighted by Crippen LogP contribution is 2.43. The van der Waals surface area contributed by atoms with Crippen molar-refractivity contribution in [2.75, 3.05) is 7.11 Å². The molecule has 0 unspecified atom stereocenters. The molecule has 1 N–H and O–H groups in total. The molecule has 2 atom stereocenters. The number of allylic oxidation sites excluding steroid dienone is 3. The number of aromatic hydroxyl groups is 1. The van der Waals surface area contributed by atoms with Gasteiger partial charge in [-0.2, -0.15) is 0 Å². The lowest BCUT2D eigenvalue weighted by Crippen LogP contribution is -2.13. The van der Waals surface area contributed by atoms with Crippen molar-refractivity contribution in [2.24, 2.45) is 5.92 Å². The lowest BCUT2D eigenvalue weighted by atomic mass is 9.78. The van der Waals surface area contributed by atoms with Gasteiger partial charge in [0.2, 0.25) is 0 Å². The van der Waals surface area contributed by atoms with Gasteiger partial charge in [0.1, 0.15) is 11.5 Å². The minimum absolute atomic E-state index is 0.159. The third-order valence-corrected chi connectivity index (χ3v) is 3.59. The molecule has 1 aromatic carbocycles.